The molecule has 2 rings (SSSR count). The van der Waals surface area contributed by atoms with Crippen LogP contribution in [0.4, 0.5) is 10.7 Å². The molecule has 8 heteroatoms. The Morgan fingerprint density at radius 3 is 2.70 bits per heavy atom. The lowest BCUT2D eigenvalue weighted by Crippen LogP contribution is -2.23. The molecule has 0 unspecified atom stereocenters. The van der Waals surface area contributed by atoms with Crippen molar-refractivity contribution in [2.24, 2.45) is 5.10 Å². The third-order valence-electron chi connectivity index (χ3n) is 2.18. The summed E-state index contributed by atoms with van der Waals surface area (Å²) in [5.41, 5.74) is 3.50. The average Bonchev–Trinajstić information content (AvgIpc) is 2.89. The highest BCUT2D eigenvalue weighted by Gasteiger charge is 2.07. The highest BCUT2D eigenvalue weighted by atomic mass is 32.1. The van der Waals surface area contributed by atoms with Gasteiger partial charge in [0.1, 0.15) is 0 Å². The largest absolute Gasteiger partial charge is 0.331 e. The molecule has 0 bridgehead atoms. The molecule has 1 aromatic carbocycles. The van der Waals surface area contributed by atoms with E-state index < -0.39 is 4.92 Å². The lowest BCUT2D eigenvalue weighted by Gasteiger charge is -2.05. The summed E-state index contributed by atoms with van der Waals surface area (Å²) in [4.78, 5) is 10.8. The minimum absolute atomic E-state index is 0.0800. The summed E-state index contributed by atoms with van der Waals surface area (Å²) >= 11 is 6.10. The smallest absolute Gasteiger partial charge is 0.324 e. The number of rotatable bonds is 4. The molecule has 0 aliphatic heterocycles. The van der Waals surface area contributed by atoms with Gasteiger partial charge in [0.15, 0.2) is 5.11 Å². The van der Waals surface area contributed by atoms with Crippen LogP contribution in [0.5, 0.6) is 0 Å². The van der Waals surface area contributed by atoms with Crippen molar-refractivity contribution in [3.8, 4) is 0 Å². The first kappa shape index (κ1) is 14.1. The molecule has 0 fully saturated rings. The second-order valence-corrected chi connectivity index (χ2v) is 5.13. The first-order valence-electron chi connectivity index (χ1n) is 5.54. The summed E-state index contributed by atoms with van der Waals surface area (Å²) in [5.74, 6) is 0. The van der Waals surface area contributed by atoms with Gasteiger partial charge < -0.3 is 5.32 Å². The Morgan fingerprint density at radius 2 is 2.05 bits per heavy atom. The van der Waals surface area contributed by atoms with Gasteiger partial charge in [-0.3, -0.25) is 15.5 Å². The molecule has 1 heterocycles. The molecule has 20 heavy (non-hydrogen) atoms. The van der Waals surface area contributed by atoms with Crippen molar-refractivity contribution < 1.29 is 4.92 Å². The van der Waals surface area contributed by atoms with Crippen LogP contribution in [0.2, 0.25) is 0 Å². The van der Waals surface area contributed by atoms with E-state index in [0.717, 1.165) is 17.0 Å². The van der Waals surface area contributed by atoms with Crippen LogP contribution in [0.25, 0.3) is 0 Å². The molecule has 0 saturated heterocycles. The maximum Gasteiger partial charge on any atom is 0.324 e. The van der Waals surface area contributed by atoms with Gasteiger partial charge in [0, 0.05) is 11.8 Å². The van der Waals surface area contributed by atoms with Crippen molar-refractivity contribution in [3.05, 3.63) is 57.5 Å². The average molecular weight is 306 g/mol. The Labute approximate surface area is 124 Å². The number of hydrazone groups is 1. The zero-order valence-electron chi connectivity index (χ0n) is 10.1. The van der Waals surface area contributed by atoms with Crippen LogP contribution in [0, 0.1) is 10.1 Å². The van der Waals surface area contributed by atoms with Gasteiger partial charge in [-0.1, -0.05) is 29.5 Å². The van der Waals surface area contributed by atoms with Crippen molar-refractivity contribution in [2.75, 3.05) is 5.32 Å². The van der Waals surface area contributed by atoms with E-state index in [9.17, 15) is 10.1 Å². The van der Waals surface area contributed by atoms with E-state index in [-0.39, 0.29) is 5.00 Å². The van der Waals surface area contributed by atoms with Crippen LogP contribution >= 0.6 is 23.6 Å². The maximum absolute atomic E-state index is 10.5. The van der Waals surface area contributed by atoms with Gasteiger partial charge in [-0.25, -0.2) is 0 Å². The van der Waals surface area contributed by atoms with Crippen LogP contribution in [0.15, 0.2) is 47.6 Å². The Kier molecular flexibility index (Phi) is 4.75. The first-order chi connectivity index (χ1) is 9.65. The van der Waals surface area contributed by atoms with Crippen molar-refractivity contribution in [3.63, 3.8) is 0 Å². The molecule has 0 amide bonds. The maximum atomic E-state index is 10.5. The van der Waals surface area contributed by atoms with Gasteiger partial charge >= 0.3 is 5.00 Å². The van der Waals surface area contributed by atoms with Gasteiger partial charge in [-0.05, 0) is 30.4 Å². The Bertz CT molecular complexity index is 640. The summed E-state index contributed by atoms with van der Waals surface area (Å²) in [7, 11) is 0. The number of hydrogen-bond donors (Lipinski definition) is 2. The monoisotopic (exact) mass is 306 g/mol. The van der Waals surface area contributed by atoms with Crippen molar-refractivity contribution >= 4 is 45.6 Å². The van der Waals surface area contributed by atoms with Crippen molar-refractivity contribution in [2.45, 2.75) is 0 Å². The summed E-state index contributed by atoms with van der Waals surface area (Å²) in [6, 6.07) is 12.5. The van der Waals surface area contributed by atoms with Gasteiger partial charge in [0.2, 0.25) is 0 Å². The molecule has 0 aliphatic rings. The molecule has 0 aliphatic carbocycles. The van der Waals surface area contributed by atoms with Crippen LogP contribution in [-0.4, -0.2) is 16.3 Å². The third kappa shape index (κ3) is 4.11. The molecule has 0 atom stereocenters. The minimum Gasteiger partial charge on any atom is -0.331 e. The number of nitrogens with one attached hydrogen (secondary N) is 2. The second-order valence-electron chi connectivity index (χ2n) is 3.62. The highest BCUT2D eigenvalue weighted by Crippen LogP contribution is 2.22. The second kappa shape index (κ2) is 6.73. The topological polar surface area (TPSA) is 79.6 Å². The van der Waals surface area contributed by atoms with Gasteiger partial charge in [0.25, 0.3) is 0 Å². The van der Waals surface area contributed by atoms with E-state index in [4.69, 9.17) is 12.2 Å². The number of nitro groups is 1. The molecule has 2 aromatic rings. The molecule has 2 N–H and O–H groups in total. The Hall–Kier alpha value is -2.32. The van der Waals surface area contributed by atoms with Crippen LogP contribution in [-0.2, 0) is 0 Å². The summed E-state index contributed by atoms with van der Waals surface area (Å²) in [5, 5.41) is 17.8. The fourth-order valence-corrected chi connectivity index (χ4v) is 2.21. The fraction of sp³-hybridized carbons (Fsp3) is 0. The SMILES string of the molecule is O=[N+]([O-])c1ccc(/C=N/NC(=S)Nc2ccccc2)s1. The Balaban J connectivity index is 1.86. The van der Waals surface area contributed by atoms with Crippen LogP contribution in [0.3, 0.4) is 0 Å². The number of nitrogens with zero attached hydrogens (tertiary/aromatic N) is 2. The van der Waals surface area contributed by atoms with Crippen LogP contribution < -0.4 is 10.7 Å². The summed E-state index contributed by atoms with van der Waals surface area (Å²) in [6.07, 6.45) is 1.48. The number of hydrogen-bond acceptors (Lipinski definition) is 5. The Morgan fingerprint density at radius 1 is 1.30 bits per heavy atom. The number of thiophene rings is 1. The molecule has 0 saturated carbocycles. The quantitative estimate of drug-likeness (QED) is 0.393. The molecule has 6 nitrogen and oxygen atoms in total. The zero-order valence-corrected chi connectivity index (χ0v) is 11.8. The van der Waals surface area contributed by atoms with Gasteiger partial charge in [-0.15, -0.1) is 0 Å². The molecule has 1 aromatic heterocycles. The molecular weight excluding hydrogens is 296 g/mol. The number of thiocarbonyl (C=S) groups is 1. The fourth-order valence-electron chi connectivity index (χ4n) is 1.34. The molecule has 102 valence electrons. The zero-order chi connectivity index (χ0) is 14.4. The normalized spacial score (nSPS) is 10.4. The third-order valence-corrected chi connectivity index (χ3v) is 3.35. The van der Waals surface area contributed by atoms with Crippen molar-refractivity contribution in [1.29, 1.82) is 0 Å². The first-order valence-corrected chi connectivity index (χ1v) is 6.77. The lowest BCUT2D eigenvalue weighted by molar-refractivity contribution is -0.380. The van der Waals surface area contributed by atoms with Crippen molar-refractivity contribution in [1.82, 2.24) is 5.43 Å². The lowest BCUT2D eigenvalue weighted by atomic mass is 10.3. The summed E-state index contributed by atoms with van der Waals surface area (Å²) < 4.78 is 0. The number of anilines is 1. The standard InChI is InChI=1S/C12H10N4O2S2/c17-16(18)11-7-6-10(20-11)8-13-15-12(19)14-9-4-2-1-3-5-9/h1-8H,(H2,14,15,19)/b13-8+. The minimum atomic E-state index is -0.434. The van der Waals surface area contributed by atoms with E-state index in [1.807, 2.05) is 30.3 Å². The number of para-hydroxylation sites is 1. The number of benzene rings is 1. The molecule has 0 radical (unpaired) electrons. The predicted octanol–water partition coefficient (Wildman–Crippen LogP) is 2.98. The van der Waals surface area contributed by atoms with E-state index in [2.05, 4.69) is 15.8 Å². The van der Waals surface area contributed by atoms with E-state index in [0.29, 0.717) is 9.99 Å². The van der Waals surface area contributed by atoms with E-state index in [1.54, 1.807) is 6.07 Å². The molecular formula is C12H10N4O2S2. The van der Waals surface area contributed by atoms with E-state index >= 15 is 0 Å². The van der Waals surface area contributed by atoms with Gasteiger partial charge in [0.05, 0.1) is 16.0 Å². The van der Waals surface area contributed by atoms with Gasteiger partial charge in [-0.2, -0.15) is 5.10 Å². The molecule has 0 spiro atoms. The highest BCUT2D eigenvalue weighted by molar-refractivity contribution is 7.80. The van der Waals surface area contributed by atoms with Crippen LogP contribution in [0.1, 0.15) is 4.88 Å². The van der Waals surface area contributed by atoms with E-state index in [1.165, 1.54) is 12.3 Å². The predicted molar refractivity (Wildman–Crippen MR) is 84.4 cm³/mol. The summed E-state index contributed by atoms with van der Waals surface area (Å²) in [6.45, 7) is 0.